The first-order valence-electron chi connectivity index (χ1n) is 6.96. The van der Waals surface area contributed by atoms with Crippen LogP contribution in [0.25, 0.3) is 0 Å². The molecule has 3 nitrogen and oxygen atoms in total. The summed E-state index contributed by atoms with van der Waals surface area (Å²) in [5.74, 6) is 0.646. The van der Waals surface area contributed by atoms with Crippen LogP contribution in [0.2, 0.25) is 5.02 Å². The van der Waals surface area contributed by atoms with Crippen molar-refractivity contribution in [3.05, 3.63) is 28.8 Å². The van der Waals surface area contributed by atoms with Gasteiger partial charge in [-0.3, -0.25) is 4.79 Å². The van der Waals surface area contributed by atoms with Gasteiger partial charge in [-0.15, -0.1) is 0 Å². The highest BCUT2D eigenvalue weighted by Gasteiger charge is 2.23. The van der Waals surface area contributed by atoms with E-state index in [1.54, 1.807) is 18.2 Å². The number of anilines is 1. The highest BCUT2D eigenvalue weighted by Crippen LogP contribution is 2.27. The molecule has 1 amide bonds. The second-order valence-electron chi connectivity index (χ2n) is 5.35. The molecule has 1 aromatic carbocycles. The van der Waals surface area contributed by atoms with E-state index in [2.05, 4.69) is 12.2 Å². The van der Waals surface area contributed by atoms with Crippen molar-refractivity contribution in [2.45, 2.75) is 45.1 Å². The number of nitrogen functional groups attached to an aromatic ring is 1. The van der Waals surface area contributed by atoms with E-state index < -0.39 is 0 Å². The van der Waals surface area contributed by atoms with Crippen molar-refractivity contribution >= 4 is 23.2 Å². The maximum Gasteiger partial charge on any atom is 0.253 e. The zero-order chi connectivity index (χ0) is 13.8. The minimum absolute atomic E-state index is 0.0910. The summed E-state index contributed by atoms with van der Waals surface area (Å²) in [7, 11) is 0. The van der Waals surface area contributed by atoms with Crippen LogP contribution in [-0.4, -0.2) is 11.9 Å². The summed E-state index contributed by atoms with van der Waals surface area (Å²) in [5, 5.41) is 3.51. The van der Waals surface area contributed by atoms with Crippen molar-refractivity contribution in [1.29, 1.82) is 0 Å². The molecule has 0 radical (unpaired) electrons. The smallest absolute Gasteiger partial charge is 0.253 e. The third-order valence-electron chi connectivity index (χ3n) is 3.93. The van der Waals surface area contributed by atoms with Crippen LogP contribution in [0.15, 0.2) is 18.2 Å². The molecular formula is C15H21ClN2O. The van der Waals surface area contributed by atoms with Crippen LogP contribution >= 0.6 is 11.6 Å². The summed E-state index contributed by atoms with van der Waals surface area (Å²) in [4.78, 5) is 12.2. The number of carbonyl (C=O) groups excluding carboxylic acids is 1. The molecule has 0 heterocycles. The average Bonchev–Trinajstić information content (AvgIpc) is 2.38. The third kappa shape index (κ3) is 3.63. The zero-order valence-corrected chi connectivity index (χ0v) is 12.0. The van der Waals surface area contributed by atoms with E-state index in [-0.39, 0.29) is 11.9 Å². The first kappa shape index (κ1) is 14.2. The molecule has 0 saturated heterocycles. The van der Waals surface area contributed by atoms with Crippen molar-refractivity contribution in [3.63, 3.8) is 0 Å². The molecule has 1 aromatic rings. The summed E-state index contributed by atoms with van der Waals surface area (Å²) in [6.07, 6.45) is 5.81. The van der Waals surface area contributed by atoms with Crippen molar-refractivity contribution in [1.82, 2.24) is 5.32 Å². The Morgan fingerprint density at radius 2 is 2.26 bits per heavy atom. The van der Waals surface area contributed by atoms with E-state index in [1.165, 1.54) is 19.3 Å². The fourth-order valence-electron chi connectivity index (χ4n) is 2.77. The van der Waals surface area contributed by atoms with Gasteiger partial charge < -0.3 is 11.1 Å². The first-order valence-corrected chi connectivity index (χ1v) is 7.33. The number of hydrogen-bond donors (Lipinski definition) is 2. The lowest BCUT2D eigenvalue weighted by molar-refractivity contribution is 0.0919. The van der Waals surface area contributed by atoms with E-state index >= 15 is 0 Å². The molecule has 1 fully saturated rings. The maximum absolute atomic E-state index is 12.2. The molecule has 0 aliphatic heterocycles. The molecule has 1 saturated carbocycles. The molecule has 2 atom stereocenters. The molecule has 0 bridgehead atoms. The van der Waals surface area contributed by atoms with E-state index in [9.17, 15) is 4.79 Å². The van der Waals surface area contributed by atoms with Gasteiger partial charge in [0.25, 0.3) is 5.91 Å². The molecular weight excluding hydrogens is 260 g/mol. The monoisotopic (exact) mass is 280 g/mol. The topological polar surface area (TPSA) is 55.1 Å². The SMILES string of the molecule is CCC1CCCC(NC(=O)c2ccc(N)cc2Cl)C1. The second-order valence-corrected chi connectivity index (χ2v) is 5.76. The van der Waals surface area contributed by atoms with Crippen LogP contribution < -0.4 is 11.1 Å². The van der Waals surface area contributed by atoms with E-state index in [0.29, 0.717) is 16.3 Å². The number of nitrogens with two attached hydrogens (primary N) is 1. The quantitative estimate of drug-likeness (QED) is 0.831. The Morgan fingerprint density at radius 1 is 1.47 bits per heavy atom. The van der Waals surface area contributed by atoms with Gasteiger partial charge in [-0.25, -0.2) is 0 Å². The number of nitrogens with one attached hydrogen (secondary N) is 1. The molecule has 1 aliphatic carbocycles. The largest absolute Gasteiger partial charge is 0.399 e. The fraction of sp³-hybridized carbons (Fsp3) is 0.533. The van der Waals surface area contributed by atoms with E-state index in [4.69, 9.17) is 17.3 Å². The number of carbonyl (C=O) groups is 1. The predicted molar refractivity (Wildman–Crippen MR) is 79.4 cm³/mol. The van der Waals surface area contributed by atoms with Crippen LogP contribution in [0, 0.1) is 5.92 Å². The Labute approximate surface area is 119 Å². The van der Waals surface area contributed by atoms with Gasteiger partial charge in [-0.1, -0.05) is 37.8 Å². The van der Waals surface area contributed by atoms with Crippen molar-refractivity contribution in [2.75, 3.05) is 5.73 Å². The third-order valence-corrected chi connectivity index (χ3v) is 4.25. The lowest BCUT2D eigenvalue weighted by atomic mass is 9.84. The standard InChI is InChI=1S/C15H21ClN2O/c1-2-10-4-3-5-12(8-10)18-15(19)13-7-6-11(17)9-14(13)16/h6-7,9-10,12H,2-5,8,17H2,1H3,(H,18,19). The number of rotatable bonds is 3. The molecule has 3 N–H and O–H groups in total. The summed E-state index contributed by atoms with van der Waals surface area (Å²) in [6.45, 7) is 2.21. The molecule has 104 valence electrons. The number of halogens is 1. The lowest BCUT2D eigenvalue weighted by Gasteiger charge is -2.29. The normalized spacial score (nSPS) is 23.1. The van der Waals surface area contributed by atoms with Gasteiger partial charge >= 0.3 is 0 Å². The Balaban J connectivity index is 2.00. The van der Waals surface area contributed by atoms with E-state index in [0.717, 1.165) is 18.8 Å². The fourth-order valence-corrected chi connectivity index (χ4v) is 3.05. The molecule has 2 unspecified atom stereocenters. The average molecular weight is 281 g/mol. The zero-order valence-electron chi connectivity index (χ0n) is 11.3. The Hall–Kier alpha value is -1.22. The summed E-state index contributed by atoms with van der Waals surface area (Å²) < 4.78 is 0. The maximum atomic E-state index is 12.2. The summed E-state index contributed by atoms with van der Waals surface area (Å²) in [5.41, 5.74) is 6.72. The van der Waals surface area contributed by atoms with Gasteiger partial charge in [0.2, 0.25) is 0 Å². The molecule has 4 heteroatoms. The first-order chi connectivity index (χ1) is 9.10. The van der Waals surface area contributed by atoms with Gasteiger partial charge in [-0.2, -0.15) is 0 Å². The minimum atomic E-state index is -0.0910. The van der Waals surface area contributed by atoms with Crippen molar-refractivity contribution in [3.8, 4) is 0 Å². The number of amides is 1. The van der Waals surface area contributed by atoms with Crippen molar-refractivity contribution < 1.29 is 4.79 Å². The molecule has 0 aromatic heterocycles. The Bertz CT molecular complexity index is 461. The van der Waals surface area contributed by atoms with Gasteiger partial charge in [0.15, 0.2) is 0 Å². The number of hydrogen-bond acceptors (Lipinski definition) is 2. The van der Waals surface area contributed by atoms with Crippen LogP contribution in [-0.2, 0) is 0 Å². The molecule has 1 aliphatic rings. The number of benzene rings is 1. The second kappa shape index (κ2) is 6.29. The lowest BCUT2D eigenvalue weighted by Crippen LogP contribution is -2.38. The van der Waals surface area contributed by atoms with Gasteiger partial charge in [0.1, 0.15) is 0 Å². The van der Waals surface area contributed by atoms with Gasteiger partial charge in [0, 0.05) is 11.7 Å². The van der Waals surface area contributed by atoms with Crippen molar-refractivity contribution in [2.24, 2.45) is 5.92 Å². The highest BCUT2D eigenvalue weighted by molar-refractivity contribution is 6.34. The van der Waals surface area contributed by atoms with E-state index in [1.807, 2.05) is 0 Å². The van der Waals surface area contributed by atoms with Gasteiger partial charge in [0.05, 0.1) is 10.6 Å². The highest BCUT2D eigenvalue weighted by atomic mass is 35.5. The van der Waals surface area contributed by atoms with Crippen LogP contribution in [0.5, 0.6) is 0 Å². The predicted octanol–water partition coefficient (Wildman–Crippen LogP) is 3.62. The van der Waals surface area contributed by atoms with Crippen LogP contribution in [0.1, 0.15) is 49.4 Å². The summed E-state index contributed by atoms with van der Waals surface area (Å²) >= 11 is 6.06. The van der Waals surface area contributed by atoms with Gasteiger partial charge in [-0.05, 0) is 37.0 Å². The Kier molecular flexibility index (Phi) is 4.70. The molecule has 2 rings (SSSR count). The van der Waals surface area contributed by atoms with Crippen LogP contribution in [0.4, 0.5) is 5.69 Å². The Morgan fingerprint density at radius 3 is 2.95 bits per heavy atom. The summed E-state index contributed by atoms with van der Waals surface area (Å²) in [6, 6.07) is 5.29. The minimum Gasteiger partial charge on any atom is -0.399 e. The van der Waals surface area contributed by atoms with Crippen LogP contribution in [0.3, 0.4) is 0 Å². The molecule has 19 heavy (non-hydrogen) atoms. The molecule has 0 spiro atoms.